The first-order chi connectivity index (χ1) is 61.5. The van der Waals surface area contributed by atoms with Crippen molar-refractivity contribution in [3.63, 3.8) is 0 Å². The molecule has 5 aliphatic rings. The number of sulfonamides is 2. The quantitative estimate of drug-likeness (QED) is 0.0353. The van der Waals surface area contributed by atoms with E-state index < -0.39 is 211 Å². The number of sulfone groups is 2. The fourth-order valence-electron chi connectivity index (χ4n) is 16.5. The molecule has 7 heterocycles. The van der Waals surface area contributed by atoms with Gasteiger partial charge in [0.15, 0.2) is 42.9 Å². The molecule has 10 aromatic rings. The molecule has 720 valence electrons. The Bertz CT molecular complexity index is 6810. The number of carbonyl (C=O) groups is 2. The van der Waals surface area contributed by atoms with Crippen molar-refractivity contribution in [3.8, 4) is 45.9 Å². The number of aromatic nitrogens is 10. The fourth-order valence-corrected chi connectivity index (χ4v) is 20.4. The van der Waals surface area contributed by atoms with Crippen molar-refractivity contribution in [2.24, 2.45) is 11.8 Å². The number of anilines is 2. The van der Waals surface area contributed by atoms with Gasteiger partial charge in [0.2, 0.25) is 20.0 Å². The van der Waals surface area contributed by atoms with Crippen LogP contribution < -0.4 is 22.7 Å². The fraction of sp³-hybridized carbons (Fsp3) is 0.435. The molecule has 1 aliphatic heterocycles. The van der Waals surface area contributed by atoms with Crippen LogP contribution >= 0.6 is 97.7 Å². The number of halogens is 21. The first-order valence-electron chi connectivity index (χ1n) is 40.0. The molecule has 133 heavy (non-hydrogen) atoms. The number of alkyl halides is 10. The first kappa shape index (κ1) is 107. The van der Waals surface area contributed by atoms with Crippen LogP contribution in [0, 0.1) is 72.6 Å². The third-order valence-electron chi connectivity index (χ3n) is 23.0. The van der Waals surface area contributed by atoms with Gasteiger partial charge in [-0.05, 0) is 182 Å². The Morgan fingerprint density at radius 2 is 0.932 bits per heavy atom. The summed E-state index contributed by atoms with van der Waals surface area (Å²) < 4.78 is 312. The molecule has 0 spiro atoms. The third kappa shape index (κ3) is 24.4. The second-order valence-electron chi connectivity index (χ2n) is 33.8. The summed E-state index contributed by atoms with van der Waals surface area (Å²) in [5.41, 5.74) is 5.60. The van der Waals surface area contributed by atoms with Gasteiger partial charge < -0.3 is 10.5 Å². The van der Waals surface area contributed by atoms with Gasteiger partial charge in [0.25, 0.3) is 11.8 Å². The second-order valence-corrected chi connectivity index (χ2v) is 59.9. The normalized spacial score (nSPS) is 18.1. The Morgan fingerprint density at radius 1 is 0.571 bits per heavy atom. The predicted octanol–water partition coefficient (Wildman–Crippen LogP) is 17.0. The first-order valence-corrected chi connectivity index (χ1v) is 67.1. The molecule has 15 rings (SSSR count). The van der Waals surface area contributed by atoms with E-state index in [1.54, 1.807) is 13.8 Å². The molecule has 1 saturated heterocycles. The van der Waals surface area contributed by atoms with Crippen LogP contribution in [0.3, 0.4) is 0 Å². The molecule has 6 aromatic heterocycles. The topological polar surface area (TPSA) is 306 Å². The van der Waals surface area contributed by atoms with E-state index in [2.05, 4.69) is 130 Å². The number of Topliss-reactive ketones (excluding diaryl/α,β-unsaturated/α-hetero) is 2. The summed E-state index contributed by atoms with van der Waals surface area (Å²) in [6.07, 6.45) is -5.09. The Hall–Kier alpha value is -6.39. The molecule has 3 fully saturated rings. The zero-order valence-electron chi connectivity index (χ0n) is 71.9. The number of nitrogens with zero attached hydrogens (tertiary/aromatic N) is 11. The van der Waals surface area contributed by atoms with Crippen molar-refractivity contribution >= 4 is 182 Å². The molecule has 0 radical (unpaired) electrons. The van der Waals surface area contributed by atoms with Gasteiger partial charge in [-0.25, -0.2) is 61.2 Å². The van der Waals surface area contributed by atoms with Crippen molar-refractivity contribution < 1.29 is 123 Å². The molecule has 1 unspecified atom stereocenters. The van der Waals surface area contributed by atoms with Crippen LogP contribution in [0.1, 0.15) is 165 Å². The third-order valence-corrected chi connectivity index (χ3v) is 30.7. The van der Waals surface area contributed by atoms with Crippen LogP contribution in [0.15, 0.2) is 84.9 Å². The maximum absolute atomic E-state index is 15.5. The molecular formula is C85H82Cl2F14I5N12O11S4-. The number of fused-ring (bicyclic) bond motifs is 8. The average Bonchev–Trinajstić information content (AvgIpc) is 1.52. The van der Waals surface area contributed by atoms with E-state index in [4.69, 9.17) is 38.7 Å². The van der Waals surface area contributed by atoms with Gasteiger partial charge in [-0.1, -0.05) is 47.2 Å². The summed E-state index contributed by atoms with van der Waals surface area (Å²) in [6, 6.07) is 15.7. The number of hydrogen-bond acceptors (Lipinski definition) is 18. The van der Waals surface area contributed by atoms with E-state index in [1.807, 2.05) is 0 Å². The van der Waals surface area contributed by atoms with Gasteiger partial charge in [-0.2, -0.15) is 64.3 Å². The zero-order valence-corrected chi connectivity index (χ0v) is 87.4. The van der Waals surface area contributed by atoms with E-state index in [0.29, 0.717) is 77.6 Å². The number of aryl methyl sites for hydroxylation is 2. The number of nitrogen functional groups attached to an aromatic ring is 1. The number of pyridine rings is 2. The molecule has 0 bridgehead atoms. The summed E-state index contributed by atoms with van der Waals surface area (Å²) in [6.45, 7) is 6.84. The van der Waals surface area contributed by atoms with Crippen molar-refractivity contribution in [2.75, 3.05) is 41.1 Å². The van der Waals surface area contributed by atoms with Crippen LogP contribution in [0.2, 0.25) is 10.0 Å². The van der Waals surface area contributed by atoms with Crippen molar-refractivity contribution in [1.29, 1.82) is 0 Å². The number of rotatable bonds is 23. The Balaban J connectivity index is 0.000000232. The van der Waals surface area contributed by atoms with Gasteiger partial charge >= 0.3 is 62.8 Å². The number of ketones is 2. The van der Waals surface area contributed by atoms with Gasteiger partial charge in [0.1, 0.15) is 81.7 Å². The van der Waals surface area contributed by atoms with Gasteiger partial charge in [-0.3, -0.25) is 28.3 Å². The van der Waals surface area contributed by atoms with Crippen molar-refractivity contribution in [2.45, 2.75) is 189 Å². The molecule has 2 N–H and O–H groups in total. The van der Waals surface area contributed by atoms with Crippen LogP contribution in [-0.2, 0) is 105 Å². The molecule has 23 nitrogen and oxygen atoms in total. The minimum atomic E-state index is -5.07. The van der Waals surface area contributed by atoms with Gasteiger partial charge in [0.05, 0.1) is 73.2 Å². The summed E-state index contributed by atoms with van der Waals surface area (Å²) in [4.78, 5) is 37.6. The standard InChI is InChI=1S/C41H38ClF7N6O7S3.C39H34ClF7N6O3S.C5H10O.I3.I2/c1-21-33-30-18-31(30)41(48,49)37(33)53(51-21)19-27(56)16-23(13-22-14-24(43)17-25(44)15-22)35-28(8-7-26(50-35)11-12-39(2,3)63(4,57)58)29-9-10-32(42)34-36(29)54(20-40(45,46)47)52-38(34)55(64(5,59)60)65(6,61)62;1-19-31-28-16-29(28)39(46,47)35(31)52(50-19)17-25(54)14-21(11-20-12-22(41)15-23(42)13-20)33-26(6-5-24(49-33)9-10-37(2,3)57(4,55)56)27-7-8-30(40)32-34(27)53(51-36(32)48)18-38(43,44)45;1-5-3-2-4-6-5;1-3-2;1-2/h7-10,14-15,17,23,30-31H,13,16,18-20H2,1-6H3;5-8,12-13,15,21,28-29H,11,14,16-18H2,1-4H3,(H2,48,51);5H,2-4H2,1H3;;/q;;;-1;/t23-,30+,31-;21-,28+,29-;;;/m11.../s1. The molecule has 0 amide bonds. The molecule has 48 heteroatoms. The second kappa shape index (κ2) is 40.8. The molecule has 7 atom stereocenters. The maximum atomic E-state index is 15.5. The SMILES string of the molecule is CC1CCCO1.Cc1nn(CC(=O)C[C@@H](Cc2cc(F)cc(F)c2)c2nc(C#CC(C)(C)S(C)(=O)=O)ccc2-c2ccc(Cl)c3c(N(S(C)(=O)=O)S(C)(=O)=O)nn(CC(F)(F)F)c23)c2c1[C@H]1C[C@H]1C2(F)F.Cc1nn(CC(=O)C[C@@H](Cc2cc(F)cc(F)c2)c2nc(C#CC(C)(C)S(C)(=O)=O)ccc2-c2ccc(Cl)c3c(N)nn(CC(F)(F)F)c23)c2c1[C@H]1C[C@H]1C2(F)F.II.I[I-]I. The minimum absolute atomic E-state index is 0.00684. The van der Waals surface area contributed by atoms with E-state index in [9.17, 15) is 87.2 Å². The van der Waals surface area contributed by atoms with Gasteiger partial charge in [0, 0.05) is 138 Å². The van der Waals surface area contributed by atoms with E-state index in [1.165, 1.54) is 83.0 Å². The number of ether oxygens (including phenoxy) is 1. The number of nitrogens with two attached hydrogens (primary N) is 1. The number of benzene rings is 4. The predicted molar refractivity (Wildman–Crippen MR) is 505 cm³/mol. The Kier molecular flexibility index (Phi) is 32.8. The van der Waals surface area contributed by atoms with Crippen LogP contribution in [0.5, 0.6) is 0 Å². The van der Waals surface area contributed by atoms with Crippen molar-refractivity contribution in [3.05, 3.63) is 186 Å². The van der Waals surface area contributed by atoms with Crippen LogP contribution in [0.4, 0.5) is 73.1 Å². The average molecular weight is 2550 g/mol. The molecular weight excluding hydrogens is 2460 g/mol. The molecule has 4 aromatic carbocycles. The number of carbonyl (C=O) groups excluding carboxylic acids is 2. The monoisotopic (exact) mass is 2540 g/mol. The molecule has 2 saturated carbocycles. The summed E-state index contributed by atoms with van der Waals surface area (Å²) >= 11 is 22.5. The summed E-state index contributed by atoms with van der Waals surface area (Å²) in [5.74, 6) is -7.44. The van der Waals surface area contributed by atoms with Crippen LogP contribution in [-0.4, -0.2) is 154 Å². The number of hydrogen-bond donors (Lipinski definition) is 1. The summed E-state index contributed by atoms with van der Waals surface area (Å²) in [5, 5.41) is 15.2. The zero-order chi connectivity index (χ0) is 98.8. The van der Waals surface area contributed by atoms with Crippen LogP contribution in [0.25, 0.3) is 44.1 Å². The molecule has 4 aliphatic carbocycles. The van der Waals surface area contributed by atoms with Crippen molar-refractivity contribution in [1.82, 2.24) is 49.1 Å². The van der Waals surface area contributed by atoms with E-state index >= 15 is 17.6 Å². The summed E-state index contributed by atoms with van der Waals surface area (Å²) in [7, 11) is -17.2. The van der Waals surface area contributed by atoms with E-state index in [-0.39, 0.29) is 111 Å². The Morgan fingerprint density at radius 3 is 1.27 bits per heavy atom. The Labute approximate surface area is 820 Å². The van der Waals surface area contributed by atoms with Gasteiger partial charge in [-0.15, -0.1) is 3.71 Å². The van der Waals surface area contributed by atoms with E-state index in [0.717, 1.165) is 58.8 Å².